The van der Waals surface area contributed by atoms with Gasteiger partial charge in [0.15, 0.2) is 0 Å². The van der Waals surface area contributed by atoms with E-state index in [0.717, 1.165) is 34.5 Å². The number of primary amides is 1. The van der Waals surface area contributed by atoms with Gasteiger partial charge >= 0.3 is 0 Å². The molecule has 6 N–H and O–H groups in total. The Balaban J connectivity index is 0.927. The summed E-state index contributed by atoms with van der Waals surface area (Å²) in [7, 11) is 0. The van der Waals surface area contributed by atoms with E-state index in [0.29, 0.717) is 55.0 Å². The van der Waals surface area contributed by atoms with Crippen molar-refractivity contribution in [3.8, 4) is 16.2 Å². The number of hydrogen-bond acceptors (Lipinski definition) is 11. The van der Waals surface area contributed by atoms with E-state index >= 15 is 0 Å². The molecule has 0 radical (unpaired) electrons. The van der Waals surface area contributed by atoms with Crippen molar-refractivity contribution in [1.82, 2.24) is 35.6 Å². The van der Waals surface area contributed by atoms with Gasteiger partial charge in [-0.15, -0.1) is 11.3 Å². The number of ether oxygens (including phenoxy) is 1. The molecule has 19 heteroatoms. The topological polar surface area (TPSA) is 234 Å². The Bertz CT molecular complexity index is 2470. The normalized spacial score (nSPS) is 22.7. The van der Waals surface area contributed by atoms with E-state index in [1.807, 2.05) is 63.5 Å². The van der Waals surface area contributed by atoms with Gasteiger partial charge in [0, 0.05) is 51.9 Å². The zero-order valence-corrected chi connectivity index (χ0v) is 43.2. The van der Waals surface area contributed by atoms with Crippen LogP contribution in [0.15, 0.2) is 48.0 Å². The number of thiazole rings is 1. The first kappa shape index (κ1) is 53.2. The third kappa shape index (κ3) is 12.7. The molecule has 0 spiro atoms. The summed E-state index contributed by atoms with van der Waals surface area (Å²) in [6.07, 6.45) is 3.36. The minimum absolute atomic E-state index is 0.0128. The van der Waals surface area contributed by atoms with Gasteiger partial charge in [0.25, 0.3) is 0 Å². The number of aryl methyl sites for hydroxylation is 2. The lowest BCUT2D eigenvalue weighted by molar-refractivity contribution is -0.146. The molecule has 2 aromatic carbocycles. The van der Waals surface area contributed by atoms with E-state index in [9.17, 15) is 38.7 Å². The van der Waals surface area contributed by atoms with Gasteiger partial charge in [-0.1, -0.05) is 75.7 Å². The van der Waals surface area contributed by atoms with Gasteiger partial charge < -0.3 is 46.2 Å². The number of hydrogen-bond donors (Lipinski definition) is 5. The number of carbonyl (C=O) groups is 7. The third-order valence-corrected chi connectivity index (χ3v) is 15.8. The molecule has 384 valence electrons. The maximum absolute atomic E-state index is 14.3. The number of benzene rings is 2. The molecule has 4 heterocycles. The zero-order chi connectivity index (χ0) is 51.4. The molecule has 17 nitrogen and oxygen atoms in total. The SMILES string of the molecule is CC(=O)N1CC[C@H]2CC[C@@H](C(=O)N[C@@H](CCC(N)=O)COc3cccc(CCCC(=O)N[C@H](C(=O)N4C[C@H](O)C[C@H]4C(=O)NC4(c5ccc(-c6scnc6C)cc5)CC4)C(C)(C)C)c3Cl)N2C(=O)[C@@H](C)C1. The number of halogens is 1. The first-order valence-corrected chi connectivity index (χ1v) is 26.1. The van der Waals surface area contributed by atoms with Crippen LogP contribution in [-0.2, 0) is 45.5 Å². The van der Waals surface area contributed by atoms with Gasteiger partial charge in [-0.05, 0) is 86.5 Å². The standard InChI is InChI=1S/C52H69ClN8O9S/c1-30-26-59(32(3)62)24-21-37-18-19-39(61(37)49(30)68)47(66)56-36(17-20-42(54)64)28-70-41-11-7-9-33(44(41)53)10-8-12-43(65)57-46(51(4,5)6)50(69)60-27-38(63)25-40(60)48(67)58-52(22-23-52)35-15-13-34(14-16-35)45-31(2)55-29-71-45/h7,9,11,13-16,29-30,36-40,46,63H,8,10,12,17-28H2,1-6H3,(H2,54,64)(H,56,66)(H,57,65)(H,58,67)/t30-,36-,37+,38+,39-,40-,46+/m0/s1. The van der Waals surface area contributed by atoms with Crippen LogP contribution in [-0.4, -0.2) is 129 Å². The zero-order valence-electron chi connectivity index (χ0n) is 41.6. The number of nitrogens with zero attached hydrogens (tertiary/aromatic N) is 4. The molecule has 7 amide bonds. The Morgan fingerprint density at radius 3 is 2.37 bits per heavy atom. The maximum atomic E-state index is 14.3. The van der Waals surface area contributed by atoms with Gasteiger partial charge in [0.1, 0.15) is 30.5 Å². The number of rotatable bonds is 18. The molecule has 1 saturated carbocycles. The van der Waals surface area contributed by atoms with Gasteiger partial charge in [-0.2, -0.15) is 0 Å². The molecular weight excluding hydrogens is 948 g/mol. The third-order valence-electron chi connectivity index (χ3n) is 14.4. The smallest absolute Gasteiger partial charge is 0.246 e. The molecule has 4 fully saturated rings. The second-order valence-electron chi connectivity index (χ2n) is 20.9. The van der Waals surface area contributed by atoms with Crippen LogP contribution in [0.1, 0.15) is 116 Å². The highest BCUT2D eigenvalue weighted by Crippen LogP contribution is 2.46. The lowest BCUT2D eigenvalue weighted by Gasteiger charge is -2.37. The van der Waals surface area contributed by atoms with Crippen molar-refractivity contribution in [2.75, 3.05) is 26.2 Å². The summed E-state index contributed by atoms with van der Waals surface area (Å²) >= 11 is 8.44. The lowest BCUT2D eigenvalue weighted by Crippen LogP contribution is -2.58. The largest absolute Gasteiger partial charge is 0.490 e. The van der Waals surface area contributed by atoms with Crippen molar-refractivity contribution in [3.05, 3.63) is 69.8 Å². The van der Waals surface area contributed by atoms with Crippen LogP contribution in [0.4, 0.5) is 0 Å². The molecule has 7 rings (SSSR count). The van der Waals surface area contributed by atoms with E-state index < -0.39 is 59.0 Å². The number of likely N-dealkylation sites (tertiary alicyclic amines) is 1. The highest BCUT2D eigenvalue weighted by Gasteiger charge is 2.50. The number of amides is 7. The molecule has 0 unspecified atom stereocenters. The fourth-order valence-electron chi connectivity index (χ4n) is 10.2. The minimum atomic E-state index is -0.983. The first-order valence-electron chi connectivity index (χ1n) is 24.8. The van der Waals surface area contributed by atoms with E-state index in [1.54, 1.807) is 40.2 Å². The van der Waals surface area contributed by atoms with E-state index in [-0.39, 0.29) is 81.0 Å². The monoisotopic (exact) mass is 1020 g/mol. The Kier molecular flexibility index (Phi) is 16.8. The van der Waals surface area contributed by atoms with Crippen molar-refractivity contribution in [1.29, 1.82) is 0 Å². The molecule has 7 atom stereocenters. The Morgan fingerprint density at radius 1 is 0.986 bits per heavy atom. The number of carbonyl (C=O) groups excluding carboxylic acids is 7. The summed E-state index contributed by atoms with van der Waals surface area (Å²) in [4.78, 5) is 104. The molecule has 71 heavy (non-hydrogen) atoms. The van der Waals surface area contributed by atoms with Crippen molar-refractivity contribution >= 4 is 64.3 Å². The number of β-amino-alcohol motifs (C(OH)–C–C–N with tert-alkyl or cyclic N) is 1. The van der Waals surface area contributed by atoms with Gasteiger partial charge in [0.2, 0.25) is 41.4 Å². The molecule has 1 aliphatic carbocycles. The highest BCUT2D eigenvalue weighted by atomic mass is 35.5. The Hall–Kier alpha value is -5.59. The highest BCUT2D eigenvalue weighted by molar-refractivity contribution is 7.13. The van der Waals surface area contributed by atoms with E-state index in [2.05, 4.69) is 20.9 Å². The second kappa shape index (κ2) is 22.4. The van der Waals surface area contributed by atoms with Crippen LogP contribution < -0.4 is 26.4 Å². The molecule has 3 aromatic rings. The molecule has 3 aliphatic heterocycles. The van der Waals surface area contributed by atoms with Crippen LogP contribution in [0.2, 0.25) is 5.02 Å². The summed E-state index contributed by atoms with van der Waals surface area (Å²) in [6, 6.07) is 9.97. The molecule has 3 saturated heterocycles. The van der Waals surface area contributed by atoms with Crippen LogP contribution in [0.5, 0.6) is 5.75 Å². The fraction of sp³-hybridized carbons (Fsp3) is 0.577. The molecule has 0 bridgehead atoms. The number of aliphatic hydroxyl groups excluding tert-OH is 1. The number of nitrogens with two attached hydrogens (primary N) is 1. The maximum Gasteiger partial charge on any atom is 0.246 e. The van der Waals surface area contributed by atoms with Crippen LogP contribution in [0.3, 0.4) is 0 Å². The Labute approximate surface area is 424 Å². The minimum Gasteiger partial charge on any atom is -0.490 e. The molecule has 1 aromatic heterocycles. The van der Waals surface area contributed by atoms with Crippen molar-refractivity contribution in [3.63, 3.8) is 0 Å². The molecule has 4 aliphatic rings. The Morgan fingerprint density at radius 2 is 1.72 bits per heavy atom. The fourth-order valence-corrected chi connectivity index (χ4v) is 11.3. The van der Waals surface area contributed by atoms with Crippen LogP contribution >= 0.6 is 22.9 Å². The van der Waals surface area contributed by atoms with Crippen molar-refractivity contribution in [2.45, 2.75) is 154 Å². The summed E-state index contributed by atoms with van der Waals surface area (Å²) < 4.78 is 6.16. The first-order chi connectivity index (χ1) is 33.6. The number of fused-ring (bicyclic) bond motifs is 1. The summed E-state index contributed by atoms with van der Waals surface area (Å²) in [5.74, 6) is -2.42. The summed E-state index contributed by atoms with van der Waals surface area (Å²) in [6.45, 7) is 11.5. The van der Waals surface area contributed by atoms with E-state index in [4.69, 9.17) is 22.1 Å². The average Bonchev–Trinajstić information content (AvgIpc) is 3.57. The molecular formula is C52H69ClN8O9S. The predicted octanol–water partition coefficient (Wildman–Crippen LogP) is 4.77. The predicted molar refractivity (Wildman–Crippen MR) is 269 cm³/mol. The van der Waals surface area contributed by atoms with Gasteiger partial charge in [-0.3, -0.25) is 33.6 Å². The summed E-state index contributed by atoms with van der Waals surface area (Å²) in [5.41, 5.74) is 9.72. The average molecular weight is 1020 g/mol. The summed E-state index contributed by atoms with van der Waals surface area (Å²) in [5, 5.41) is 20.3. The number of aromatic nitrogens is 1. The lowest BCUT2D eigenvalue weighted by atomic mass is 9.85. The quantitative estimate of drug-likeness (QED) is 0.117. The van der Waals surface area contributed by atoms with Crippen LogP contribution in [0, 0.1) is 18.3 Å². The van der Waals surface area contributed by atoms with Gasteiger partial charge in [0.05, 0.1) is 44.7 Å². The second-order valence-corrected chi connectivity index (χ2v) is 22.2. The number of nitrogens with one attached hydrogen (secondary N) is 3. The van der Waals surface area contributed by atoms with Gasteiger partial charge in [-0.25, -0.2) is 4.98 Å². The number of aliphatic hydroxyl groups is 1. The van der Waals surface area contributed by atoms with Crippen molar-refractivity contribution < 1.29 is 43.4 Å². The van der Waals surface area contributed by atoms with E-state index in [1.165, 1.54) is 11.8 Å². The van der Waals surface area contributed by atoms with Crippen molar-refractivity contribution in [2.24, 2.45) is 17.1 Å². The van der Waals surface area contributed by atoms with Crippen LogP contribution in [0.25, 0.3) is 10.4 Å².